The second kappa shape index (κ2) is 5.33. The molecule has 1 heterocycles. The quantitative estimate of drug-likeness (QED) is 0.641. The van der Waals surface area contributed by atoms with Crippen LogP contribution in [0.15, 0.2) is 12.7 Å². The van der Waals surface area contributed by atoms with Gasteiger partial charge in [-0.1, -0.05) is 6.08 Å². The average Bonchev–Trinajstić information content (AvgIpc) is 2.09. The summed E-state index contributed by atoms with van der Waals surface area (Å²) in [5.74, 6) is 0.760. The van der Waals surface area contributed by atoms with E-state index in [0.29, 0.717) is 6.61 Å². The summed E-state index contributed by atoms with van der Waals surface area (Å²) < 4.78 is 0. The molecule has 1 fully saturated rings. The summed E-state index contributed by atoms with van der Waals surface area (Å²) in [6.45, 7) is 7.46. The largest absolute Gasteiger partial charge is 0.396 e. The van der Waals surface area contributed by atoms with E-state index in [-0.39, 0.29) is 0 Å². The van der Waals surface area contributed by atoms with Crippen LogP contribution in [-0.4, -0.2) is 36.2 Å². The molecule has 1 N–H and O–H groups in total. The monoisotopic (exact) mass is 169 g/mol. The van der Waals surface area contributed by atoms with Gasteiger partial charge in [0.2, 0.25) is 0 Å². The summed E-state index contributed by atoms with van der Waals surface area (Å²) in [7, 11) is 0. The van der Waals surface area contributed by atoms with Crippen molar-refractivity contribution in [3.05, 3.63) is 12.7 Å². The molecule has 0 aromatic heterocycles. The predicted molar refractivity (Wildman–Crippen MR) is 51.1 cm³/mol. The molecule has 12 heavy (non-hydrogen) atoms. The minimum absolute atomic E-state index is 0.353. The highest BCUT2D eigenvalue weighted by molar-refractivity contribution is 4.78. The third-order valence-corrected chi connectivity index (χ3v) is 2.63. The van der Waals surface area contributed by atoms with Crippen molar-refractivity contribution in [2.45, 2.75) is 19.3 Å². The maximum Gasteiger partial charge on any atom is 0.0433 e. The molecule has 2 heteroatoms. The molecule has 1 rings (SSSR count). The molecule has 1 saturated heterocycles. The normalized spacial score (nSPS) is 21.1. The molecule has 1 aliphatic heterocycles. The average molecular weight is 169 g/mol. The van der Waals surface area contributed by atoms with Crippen molar-refractivity contribution >= 4 is 0 Å². The highest BCUT2D eigenvalue weighted by Crippen LogP contribution is 2.19. The van der Waals surface area contributed by atoms with Crippen LogP contribution in [0.2, 0.25) is 0 Å². The lowest BCUT2D eigenvalue weighted by molar-refractivity contribution is 0.169. The van der Waals surface area contributed by atoms with E-state index < -0.39 is 0 Å². The molecule has 0 saturated carbocycles. The number of aliphatic hydroxyl groups excluding tert-OH is 1. The van der Waals surface area contributed by atoms with Gasteiger partial charge in [0.25, 0.3) is 0 Å². The summed E-state index contributed by atoms with van der Waals surface area (Å²) in [6, 6.07) is 0. The van der Waals surface area contributed by atoms with Crippen molar-refractivity contribution in [2.24, 2.45) is 5.92 Å². The fraction of sp³-hybridized carbons (Fsp3) is 0.800. The van der Waals surface area contributed by atoms with Crippen LogP contribution in [0.25, 0.3) is 0 Å². The maximum absolute atomic E-state index is 8.76. The van der Waals surface area contributed by atoms with Gasteiger partial charge in [-0.15, -0.1) is 6.58 Å². The lowest BCUT2D eigenvalue weighted by Gasteiger charge is -2.30. The van der Waals surface area contributed by atoms with Gasteiger partial charge in [0.05, 0.1) is 0 Å². The molecule has 0 unspecified atom stereocenters. The maximum atomic E-state index is 8.76. The summed E-state index contributed by atoms with van der Waals surface area (Å²) in [4.78, 5) is 2.42. The van der Waals surface area contributed by atoms with E-state index in [1.807, 2.05) is 6.08 Å². The van der Waals surface area contributed by atoms with Crippen LogP contribution in [0.4, 0.5) is 0 Å². The van der Waals surface area contributed by atoms with Crippen molar-refractivity contribution in [2.75, 3.05) is 26.2 Å². The zero-order valence-corrected chi connectivity index (χ0v) is 7.71. The summed E-state index contributed by atoms with van der Waals surface area (Å²) >= 11 is 0. The van der Waals surface area contributed by atoms with Crippen LogP contribution in [0, 0.1) is 5.92 Å². The Hall–Kier alpha value is -0.340. The number of hydrogen-bond acceptors (Lipinski definition) is 2. The molecule has 2 nitrogen and oxygen atoms in total. The van der Waals surface area contributed by atoms with E-state index in [1.54, 1.807) is 0 Å². The first kappa shape index (κ1) is 9.75. The molecular weight excluding hydrogens is 150 g/mol. The zero-order chi connectivity index (χ0) is 8.81. The summed E-state index contributed by atoms with van der Waals surface area (Å²) in [5, 5.41) is 8.76. The van der Waals surface area contributed by atoms with E-state index >= 15 is 0 Å². The molecular formula is C10H19NO. The Labute approximate surface area is 74.9 Å². The molecule has 0 aromatic rings. The molecule has 70 valence electrons. The second-order valence-corrected chi connectivity index (χ2v) is 3.54. The van der Waals surface area contributed by atoms with Gasteiger partial charge >= 0.3 is 0 Å². The Morgan fingerprint density at radius 2 is 2.08 bits per heavy atom. The number of rotatable bonds is 4. The third kappa shape index (κ3) is 2.95. The molecule has 0 atom stereocenters. The Kier molecular flexibility index (Phi) is 4.33. The van der Waals surface area contributed by atoms with Gasteiger partial charge in [0.15, 0.2) is 0 Å². The topological polar surface area (TPSA) is 23.5 Å². The number of hydrogen-bond donors (Lipinski definition) is 1. The standard InChI is InChI=1S/C10H19NO/c1-2-6-11-7-3-10(4-8-11)5-9-12/h2,10,12H,1,3-9H2. The van der Waals surface area contributed by atoms with Crippen LogP contribution in [0.1, 0.15) is 19.3 Å². The SMILES string of the molecule is C=CCN1CCC(CCO)CC1. The van der Waals surface area contributed by atoms with Crippen LogP contribution < -0.4 is 0 Å². The minimum atomic E-state index is 0.353. The van der Waals surface area contributed by atoms with Crippen LogP contribution in [0.3, 0.4) is 0 Å². The van der Waals surface area contributed by atoms with Gasteiger partial charge in [0.1, 0.15) is 0 Å². The van der Waals surface area contributed by atoms with Crippen molar-refractivity contribution in [3.63, 3.8) is 0 Å². The van der Waals surface area contributed by atoms with Crippen LogP contribution in [-0.2, 0) is 0 Å². The fourth-order valence-corrected chi connectivity index (χ4v) is 1.82. The van der Waals surface area contributed by atoms with Crippen molar-refractivity contribution in [1.82, 2.24) is 4.90 Å². The highest BCUT2D eigenvalue weighted by atomic mass is 16.3. The second-order valence-electron chi connectivity index (χ2n) is 3.54. The van der Waals surface area contributed by atoms with E-state index in [2.05, 4.69) is 11.5 Å². The van der Waals surface area contributed by atoms with E-state index in [4.69, 9.17) is 5.11 Å². The molecule has 0 amide bonds. The Morgan fingerprint density at radius 1 is 1.42 bits per heavy atom. The Morgan fingerprint density at radius 3 is 2.58 bits per heavy atom. The molecule has 0 spiro atoms. The predicted octanol–water partition coefficient (Wildman–Crippen LogP) is 1.27. The zero-order valence-electron chi connectivity index (χ0n) is 7.71. The van der Waals surface area contributed by atoms with Gasteiger partial charge in [-0.3, -0.25) is 4.90 Å². The summed E-state index contributed by atoms with van der Waals surface area (Å²) in [6.07, 6.45) is 5.44. The fourth-order valence-electron chi connectivity index (χ4n) is 1.82. The van der Waals surface area contributed by atoms with E-state index in [1.165, 1.54) is 25.9 Å². The number of nitrogens with zero attached hydrogens (tertiary/aromatic N) is 1. The Bertz CT molecular complexity index is 128. The van der Waals surface area contributed by atoms with Crippen LogP contribution in [0.5, 0.6) is 0 Å². The smallest absolute Gasteiger partial charge is 0.0433 e. The van der Waals surface area contributed by atoms with Gasteiger partial charge in [0, 0.05) is 13.2 Å². The van der Waals surface area contributed by atoms with E-state index in [9.17, 15) is 0 Å². The molecule has 0 aliphatic carbocycles. The Balaban J connectivity index is 2.15. The highest BCUT2D eigenvalue weighted by Gasteiger charge is 2.17. The van der Waals surface area contributed by atoms with Crippen LogP contribution >= 0.6 is 0 Å². The molecule has 0 bridgehead atoms. The van der Waals surface area contributed by atoms with Crippen molar-refractivity contribution in [3.8, 4) is 0 Å². The van der Waals surface area contributed by atoms with Crippen molar-refractivity contribution in [1.29, 1.82) is 0 Å². The lowest BCUT2D eigenvalue weighted by Crippen LogP contribution is -2.33. The lowest BCUT2D eigenvalue weighted by atomic mass is 9.94. The van der Waals surface area contributed by atoms with Gasteiger partial charge in [-0.25, -0.2) is 0 Å². The summed E-state index contributed by atoms with van der Waals surface area (Å²) in [5.41, 5.74) is 0. The molecule has 1 aliphatic rings. The minimum Gasteiger partial charge on any atom is -0.396 e. The number of piperidine rings is 1. The first-order chi connectivity index (χ1) is 5.86. The van der Waals surface area contributed by atoms with Gasteiger partial charge < -0.3 is 5.11 Å². The van der Waals surface area contributed by atoms with Crippen molar-refractivity contribution < 1.29 is 5.11 Å². The molecule has 0 aromatic carbocycles. The number of aliphatic hydroxyl groups is 1. The molecule has 0 radical (unpaired) electrons. The third-order valence-electron chi connectivity index (χ3n) is 2.63. The number of likely N-dealkylation sites (tertiary alicyclic amines) is 1. The first-order valence-electron chi connectivity index (χ1n) is 4.81. The van der Waals surface area contributed by atoms with Gasteiger partial charge in [-0.05, 0) is 38.3 Å². The van der Waals surface area contributed by atoms with Gasteiger partial charge in [-0.2, -0.15) is 0 Å². The van der Waals surface area contributed by atoms with E-state index in [0.717, 1.165) is 18.9 Å². The first-order valence-corrected chi connectivity index (χ1v) is 4.81.